The number of aliphatic imine (C=N–C) groups is 1. The number of benzene rings is 1. The van der Waals surface area contributed by atoms with Gasteiger partial charge in [0.25, 0.3) is 0 Å². The van der Waals surface area contributed by atoms with Gasteiger partial charge in [-0.1, -0.05) is 29.5 Å². The molecule has 0 aliphatic carbocycles. The van der Waals surface area contributed by atoms with E-state index in [0.717, 1.165) is 27.9 Å². The zero-order valence-corrected chi connectivity index (χ0v) is 21.1. The molecule has 2 heterocycles. The van der Waals surface area contributed by atoms with Gasteiger partial charge in [-0.3, -0.25) is 0 Å². The summed E-state index contributed by atoms with van der Waals surface area (Å²) in [5, 5.41) is 19.9. The molecule has 0 radical (unpaired) electrons. The number of hydrogen-bond donors (Lipinski definition) is 1. The number of nitrogens with zero attached hydrogens (tertiary/aromatic N) is 3. The van der Waals surface area contributed by atoms with Gasteiger partial charge in [-0.15, -0.1) is 0 Å². The molecular formula is C24H25N3O6S2. The van der Waals surface area contributed by atoms with Gasteiger partial charge < -0.3 is 14.3 Å². The maximum absolute atomic E-state index is 12.5. The number of esters is 1. The highest BCUT2D eigenvalue weighted by Gasteiger charge is 2.33. The average molecular weight is 516 g/mol. The topological polar surface area (TPSA) is 133 Å². The Bertz CT molecular complexity index is 1330. The molecule has 0 atom stereocenters. The summed E-state index contributed by atoms with van der Waals surface area (Å²) >= 11 is 1.10. The smallest absolute Gasteiger partial charge is 0.344 e. The number of aryl methyl sites for hydroxylation is 1. The first-order chi connectivity index (χ1) is 16.6. The summed E-state index contributed by atoms with van der Waals surface area (Å²) in [6.45, 7) is 3.78. The lowest BCUT2D eigenvalue weighted by Crippen LogP contribution is -2.30. The highest BCUT2D eigenvalue weighted by atomic mass is 32.2. The summed E-state index contributed by atoms with van der Waals surface area (Å²) in [5.74, 6) is -0.245. The molecule has 0 spiro atoms. The standard InChI is InChI=1S/C24H25N3O6S2/c1-4-32-24(29)21-22(28)20(34-23(21)26-17-8-6-16(2)7-9-17)14-18-10-11-19(33-18)15-27(13-5-12-25)35(3,30)31/h6-11,14,28H,4-5,13,15H2,1-3H3/b20-14-,26-23?. The third kappa shape index (κ3) is 6.85. The molecular weight excluding hydrogens is 490 g/mol. The number of nitriles is 1. The number of carbonyl (C=O) groups is 1. The van der Waals surface area contributed by atoms with Crippen molar-refractivity contribution in [3.63, 3.8) is 0 Å². The molecule has 0 saturated carbocycles. The highest BCUT2D eigenvalue weighted by molar-refractivity contribution is 8.18. The van der Waals surface area contributed by atoms with Crippen molar-refractivity contribution in [2.24, 2.45) is 4.99 Å². The number of aliphatic hydroxyl groups excluding tert-OH is 1. The molecule has 0 bridgehead atoms. The quantitative estimate of drug-likeness (QED) is 0.484. The zero-order chi connectivity index (χ0) is 25.6. The fraction of sp³-hybridized carbons (Fsp3) is 0.292. The maximum Gasteiger partial charge on any atom is 0.344 e. The lowest BCUT2D eigenvalue weighted by Gasteiger charge is -2.16. The van der Waals surface area contributed by atoms with Crippen LogP contribution in [-0.2, 0) is 26.1 Å². The van der Waals surface area contributed by atoms with Gasteiger partial charge in [-0.05, 0) is 44.2 Å². The van der Waals surface area contributed by atoms with E-state index in [-0.39, 0.29) is 37.4 Å². The summed E-state index contributed by atoms with van der Waals surface area (Å²) in [5.41, 5.74) is 1.65. The van der Waals surface area contributed by atoms with E-state index in [2.05, 4.69) is 4.99 Å². The first kappa shape index (κ1) is 26.3. The molecule has 0 unspecified atom stereocenters. The second-order valence-corrected chi connectivity index (χ2v) is 10.6. The average Bonchev–Trinajstić information content (AvgIpc) is 3.36. The first-order valence-electron chi connectivity index (χ1n) is 10.7. The molecule has 3 rings (SSSR count). The lowest BCUT2D eigenvalue weighted by atomic mass is 10.2. The van der Waals surface area contributed by atoms with Gasteiger partial charge in [0.1, 0.15) is 27.9 Å². The molecule has 35 heavy (non-hydrogen) atoms. The third-order valence-corrected chi connectivity index (χ3v) is 7.13. The Morgan fingerprint density at radius 1 is 1.29 bits per heavy atom. The molecule has 184 valence electrons. The molecule has 0 saturated heterocycles. The van der Waals surface area contributed by atoms with Gasteiger partial charge in [0.15, 0.2) is 0 Å². The Hall–Kier alpha value is -3.33. The van der Waals surface area contributed by atoms with E-state index in [4.69, 9.17) is 14.4 Å². The summed E-state index contributed by atoms with van der Waals surface area (Å²) in [6.07, 6.45) is 2.67. The van der Waals surface area contributed by atoms with E-state index in [0.29, 0.717) is 27.2 Å². The van der Waals surface area contributed by atoms with E-state index >= 15 is 0 Å². The van der Waals surface area contributed by atoms with E-state index in [1.54, 1.807) is 25.1 Å². The van der Waals surface area contributed by atoms with Crippen LogP contribution in [0, 0.1) is 18.3 Å². The lowest BCUT2D eigenvalue weighted by molar-refractivity contribution is -0.138. The van der Waals surface area contributed by atoms with Crippen molar-refractivity contribution in [1.29, 1.82) is 5.26 Å². The molecule has 1 N–H and O–H groups in total. The zero-order valence-electron chi connectivity index (χ0n) is 19.5. The van der Waals surface area contributed by atoms with E-state index in [1.165, 1.54) is 0 Å². The predicted octanol–water partition coefficient (Wildman–Crippen LogP) is 4.46. The van der Waals surface area contributed by atoms with Crippen molar-refractivity contribution in [2.45, 2.75) is 26.8 Å². The fourth-order valence-corrected chi connectivity index (χ4v) is 4.93. The normalized spacial score (nSPS) is 16.3. The SMILES string of the molecule is CCOC(=O)C1=C(O)/C(=C/c2ccc(CN(CCC#N)S(C)(=O)=O)o2)SC1=Nc1ccc(C)cc1. The molecule has 11 heteroatoms. The number of sulfonamides is 1. The first-order valence-corrected chi connectivity index (χ1v) is 13.4. The van der Waals surface area contributed by atoms with Crippen LogP contribution in [-0.4, -0.2) is 48.2 Å². The predicted molar refractivity (Wildman–Crippen MR) is 134 cm³/mol. The summed E-state index contributed by atoms with van der Waals surface area (Å²) < 4.78 is 36.0. The Balaban J connectivity index is 1.90. The molecule has 0 fully saturated rings. The second-order valence-electron chi connectivity index (χ2n) is 7.62. The Kier molecular flexibility index (Phi) is 8.56. The van der Waals surface area contributed by atoms with Crippen molar-refractivity contribution in [2.75, 3.05) is 19.4 Å². The Morgan fingerprint density at radius 2 is 2.00 bits per heavy atom. The van der Waals surface area contributed by atoms with Crippen LogP contribution in [0.4, 0.5) is 5.69 Å². The fourth-order valence-electron chi connectivity index (χ4n) is 3.13. The van der Waals surface area contributed by atoms with Crippen LogP contribution >= 0.6 is 11.8 Å². The van der Waals surface area contributed by atoms with Gasteiger partial charge in [-0.2, -0.15) is 9.57 Å². The molecule has 0 amide bonds. The van der Waals surface area contributed by atoms with Crippen LogP contribution in [0.1, 0.15) is 30.4 Å². The van der Waals surface area contributed by atoms with Gasteiger partial charge in [-0.25, -0.2) is 18.2 Å². The van der Waals surface area contributed by atoms with Crippen LogP contribution in [0.15, 0.2) is 62.0 Å². The molecule has 2 aromatic rings. The summed E-state index contributed by atoms with van der Waals surface area (Å²) in [6, 6.07) is 12.6. The number of hydrogen-bond acceptors (Lipinski definition) is 9. The minimum Gasteiger partial charge on any atom is -0.506 e. The molecule has 9 nitrogen and oxygen atoms in total. The van der Waals surface area contributed by atoms with Gasteiger partial charge >= 0.3 is 5.97 Å². The van der Waals surface area contributed by atoms with E-state index in [9.17, 15) is 18.3 Å². The Labute approximate surface area is 208 Å². The van der Waals surface area contributed by atoms with Crippen LogP contribution in [0.2, 0.25) is 0 Å². The van der Waals surface area contributed by atoms with Crippen molar-refractivity contribution in [3.8, 4) is 6.07 Å². The minimum atomic E-state index is -3.53. The van der Waals surface area contributed by atoms with Crippen LogP contribution in [0.5, 0.6) is 0 Å². The largest absolute Gasteiger partial charge is 0.506 e. The monoisotopic (exact) mass is 515 g/mol. The van der Waals surface area contributed by atoms with Crippen LogP contribution in [0.3, 0.4) is 0 Å². The van der Waals surface area contributed by atoms with E-state index < -0.39 is 16.0 Å². The van der Waals surface area contributed by atoms with Gasteiger partial charge in [0, 0.05) is 13.0 Å². The number of thioether (sulfide) groups is 1. The number of rotatable bonds is 9. The molecule has 1 aromatic carbocycles. The Morgan fingerprint density at radius 3 is 2.63 bits per heavy atom. The number of carbonyl (C=O) groups excluding carboxylic acids is 1. The van der Waals surface area contributed by atoms with Crippen molar-refractivity contribution in [3.05, 3.63) is 69.7 Å². The third-order valence-electron chi connectivity index (χ3n) is 4.86. The maximum atomic E-state index is 12.5. The van der Waals surface area contributed by atoms with E-state index in [1.807, 2.05) is 37.3 Å². The summed E-state index contributed by atoms with van der Waals surface area (Å²) in [4.78, 5) is 17.4. The second kappa shape index (κ2) is 11.4. The summed E-state index contributed by atoms with van der Waals surface area (Å²) in [7, 11) is -3.53. The van der Waals surface area contributed by atoms with Crippen molar-refractivity contribution in [1.82, 2.24) is 4.31 Å². The van der Waals surface area contributed by atoms with Gasteiger partial charge in [0.2, 0.25) is 10.0 Å². The highest BCUT2D eigenvalue weighted by Crippen LogP contribution is 2.40. The molecule has 1 aromatic heterocycles. The van der Waals surface area contributed by atoms with Crippen molar-refractivity contribution >= 4 is 44.6 Å². The number of aliphatic hydroxyl groups is 1. The molecule has 1 aliphatic rings. The van der Waals surface area contributed by atoms with Crippen LogP contribution in [0.25, 0.3) is 6.08 Å². The van der Waals surface area contributed by atoms with Gasteiger partial charge in [0.05, 0.1) is 36.1 Å². The number of furan rings is 1. The number of ether oxygens (including phenoxy) is 1. The van der Waals surface area contributed by atoms with Crippen molar-refractivity contribution < 1.29 is 27.5 Å². The molecule has 1 aliphatic heterocycles. The van der Waals surface area contributed by atoms with Crippen LogP contribution < -0.4 is 0 Å². The minimum absolute atomic E-state index is 0.0322.